The van der Waals surface area contributed by atoms with Gasteiger partial charge in [0.1, 0.15) is 0 Å². The molecule has 0 bridgehead atoms. The van der Waals surface area contributed by atoms with Crippen molar-refractivity contribution in [3.05, 3.63) is 44.5 Å². The fourth-order valence-electron chi connectivity index (χ4n) is 1.78. The Labute approximate surface area is 137 Å². The molecule has 7 nitrogen and oxygen atoms in total. The number of nitrogens with zero attached hydrogens (tertiary/aromatic N) is 2. The van der Waals surface area contributed by atoms with Gasteiger partial charge in [0.15, 0.2) is 0 Å². The van der Waals surface area contributed by atoms with Gasteiger partial charge in [-0.25, -0.2) is 0 Å². The van der Waals surface area contributed by atoms with Crippen molar-refractivity contribution < 1.29 is 14.6 Å². The van der Waals surface area contributed by atoms with Crippen molar-refractivity contribution in [2.24, 2.45) is 0 Å². The van der Waals surface area contributed by atoms with Crippen molar-refractivity contribution in [2.75, 3.05) is 13.2 Å². The van der Waals surface area contributed by atoms with Crippen LogP contribution in [0.25, 0.3) is 0 Å². The monoisotopic (exact) mass is 326 g/mol. The van der Waals surface area contributed by atoms with Crippen molar-refractivity contribution >= 4 is 11.4 Å². The summed E-state index contributed by atoms with van der Waals surface area (Å²) in [4.78, 5) is 18.9. The van der Waals surface area contributed by atoms with E-state index in [1.165, 1.54) is 50.7 Å². The molecule has 0 amide bonds. The number of nitro groups is 2. The number of para-hydroxylation sites is 2. The Morgan fingerprint density at radius 3 is 1.52 bits per heavy atom. The third-order valence-electron chi connectivity index (χ3n) is 3.06. The van der Waals surface area contributed by atoms with Gasteiger partial charge in [-0.3, -0.25) is 20.2 Å². The Morgan fingerprint density at radius 2 is 1.22 bits per heavy atom. The first-order valence-electron chi connectivity index (χ1n) is 8.00. The summed E-state index contributed by atoms with van der Waals surface area (Å²) in [5, 5.41) is 20.5. The van der Waals surface area contributed by atoms with Gasteiger partial charge in [0.2, 0.25) is 0 Å². The van der Waals surface area contributed by atoms with Crippen LogP contribution < -0.4 is 0 Å². The van der Waals surface area contributed by atoms with E-state index in [1.807, 2.05) is 0 Å². The van der Waals surface area contributed by atoms with Gasteiger partial charge in [-0.1, -0.05) is 51.7 Å². The summed E-state index contributed by atoms with van der Waals surface area (Å²) in [6, 6.07) is 4.95. The van der Waals surface area contributed by atoms with Crippen LogP contribution in [-0.2, 0) is 4.74 Å². The molecule has 0 aliphatic heterocycles. The van der Waals surface area contributed by atoms with Crippen molar-refractivity contribution in [2.45, 2.75) is 52.4 Å². The van der Waals surface area contributed by atoms with Gasteiger partial charge in [0.25, 0.3) is 0 Å². The van der Waals surface area contributed by atoms with Crippen molar-refractivity contribution in [1.82, 2.24) is 0 Å². The quantitative estimate of drug-likeness (QED) is 0.346. The number of benzene rings is 1. The van der Waals surface area contributed by atoms with E-state index in [-0.39, 0.29) is 0 Å². The first-order valence-corrected chi connectivity index (χ1v) is 8.00. The standard InChI is InChI=1S/C10H22O.C6H4N2O4/c1-3-5-7-9-11-10-8-6-4-2;9-7(10)5-3-1-2-4-6(5)8(11)12/h3-10H2,1-2H3;1-4H. The maximum atomic E-state index is 10.2. The Bertz CT molecular complexity index is 425. The lowest BCUT2D eigenvalue weighted by atomic mass is 10.2. The summed E-state index contributed by atoms with van der Waals surface area (Å²) in [5.41, 5.74) is -0.968. The Kier molecular flexibility index (Phi) is 12.4. The average molecular weight is 326 g/mol. The molecule has 0 radical (unpaired) electrons. The molecule has 0 aliphatic rings. The van der Waals surface area contributed by atoms with Gasteiger partial charge in [-0.2, -0.15) is 0 Å². The summed E-state index contributed by atoms with van der Waals surface area (Å²) >= 11 is 0. The Balaban J connectivity index is 0.000000423. The van der Waals surface area contributed by atoms with E-state index in [0.717, 1.165) is 25.3 Å². The topological polar surface area (TPSA) is 95.5 Å². The predicted octanol–water partition coefficient (Wildman–Crippen LogP) is 4.89. The lowest BCUT2D eigenvalue weighted by Gasteiger charge is -2.01. The minimum atomic E-state index is -0.780. The zero-order valence-corrected chi connectivity index (χ0v) is 13.9. The van der Waals surface area contributed by atoms with E-state index in [2.05, 4.69) is 13.8 Å². The summed E-state index contributed by atoms with van der Waals surface area (Å²) in [7, 11) is 0. The zero-order valence-electron chi connectivity index (χ0n) is 13.9. The number of ether oxygens (including phenoxy) is 1. The Morgan fingerprint density at radius 1 is 0.826 bits per heavy atom. The van der Waals surface area contributed by atoms with Gasteiger partial charge >= 0.3 is 11.4 Å². The maximum absolute atomic E-state index is 10.2. The first-order chi connectivity index (χ1) is 11.0. The van der Waals surface area contributed by atoms with E-state index < -0.39 is 21.2 Å². The van der Waals surface area contributed by atoms with E-state index in [4.69, 9.17) is 4.74 Å². The van der Waals surface area contributed by atoms with Crippen LogP contribution in [0, 0.1) is 20.2 Å². The SMILES string of the molecule is CCCCCOCCCCC.O=[N+]([O-])c1ccccc1[N+](=O)[O-]. The molecule has 0 N–H and O–H groups in total. The second-order valence-electron chi connectivity index (χ2n) is 5.03. The first kappa shape index (κ1) is 21.0. The number of unbranched alkanes of at least 4 members (excludes halogenated alkanes) is 4. The highest BCUT2D eigenvalue weighted by Crippen LogP contribution is 2.24. The molecule has 23 heavy (non-hydrogen) atoms. The summed E-state index contributed by atoms with van der Waals surface area (Å²) in [6.45, 7) is 6.38. The van der Waals surface area contributed by atoms with Gasteiger partial charge in [-0.05, 0) is 12.8 Å². The van der Waals surface area contributed by atoms with Crippen molar-refractivity contribution in [1.29, 1.82) is 0 Å². The third kappa shape index (κ3) is 10.4. The minimum Gasteiger partial charge on any atom is -0.381 e. The molecule has 1 aromatic rings. The fraction of sp³-hybridized carbons (Fsp3) is 0.625. The fourth-order valence-corrected chi connectivity index (χ4v) is 1.78. The lowest BCUT2D eigenvalue weighted by molar-refractivity contribution is -0.422. The molecule has 1 rings (SSSR count). The average Bonchev–Trinajstić information content (AvgIpc) is 2.54. The molecule has 0 fully saturated rings. The molecule has 0 unspecified atom stereocenters. The van der Waals surface area contributed by atoms with Crippen LogP contribution >= 0.6 is 0 Å². The highest BCUT2D eigenvalue weighted by Gasteiger charge is 2.21. The second kappa shape index (κ2) is 13.6. The lowest BCUT2D eigenvalue weighted by Crippen LogP contribution is -1.96. The van der Waals surface area contributed by atoms with Crippen LogP contribution in [0.5, 0.6) is 0 Å². The van der Waals surface area contributed by atoms with Gasteiger partial charge in [0.05, 0.1) is 9.85 Å². The number of hydrogen-bond acceptors (Lipinski definition) is 5. The highest BCUT2D eigenvalue weighted by atomic mass is 16.6. The van der Waals surface area contributed by atoms with Gasteiger partial charge in [-0.15, -0.1) is 0 Å². The maximum Gasteiger partial charge on any atom is 0.346 e. The third-order valence-corrected chi connectivity index (χ3v) is 3.06. The van der Waals surface area contributed by atoms with Crippen molar-refractivity contribution in [3.8, 4) is 0 Å². The van der Waals surface area contributed by atoms with Crippen LogP contribution in [0.3, 0.4) is 0 Å². The van der Waals surface area contributed by atoms with Crippen LogP contribution in [-0.4, -0.2) is 23.1 Å². The van der Waals surface area contributed by atoms with Gasteiger partial charge in [0, 0.05) is 25.3 Å². The van der Waals surface area contributed by atoms with Crippen molar-refractivity contribution in [3.63, 3.8) is 0 Å². The molecule has 1 aromatic carbocycles. The number of nitro benzene ring substituents is 2. The van der Waals surface area contributed by atoms with Crippen LogP contribution in [0.15, 0.2) is 24.3 Å². The van der Waals surface area contributed by atoms with Gasteiger partial charge < -0.3 is 4.74 Å². The molecule has 0 aliphatic carbocycles. The smallest absolute Gasteiger partial charge is 0.346 e. The molecule has 130 valence electrons. The summed E-state index contributed by atoms with van der Waals surface area (Å²) in [5.74, 6) is 0. The normalized spacial score (nSPS) is 9.83. The Hall–Kier alpha value is -2.02. The van der Waals surface area contributed by atoms with E-state index in [1.54, 1.807) is 0 Å². The zero-order chi connectivity index (χ0) is 17.5. The molecular weight excluding hydrogens is 300 g/mol. The number of hydrogen-bond donors (Lipinski definition) is 0. The molecule has 0 atom stereocenters. The second-order valence-corrected chi connectivity index (χ2v) is 5.03. The molecule has 0 spiro atoms. The predicted molar refractivity (Wildman–Crippen MR) is 89.6 cm³/mol. The number of rotatable bonds is 10. The molecular formula is C16H26N2O5. The molecule has 0 saturated carbocycles. The van der Waals surface area contributed by atoms with Crippen LogP contribution in [0.1, 0.15) is 52.4 Å². The van der Waals surface area contributed by atoms with Crippen LogP contribution in [0.2, 0.25) is 0 Å². The van der Waals surface area contributed by atoms with Crippen LogP contribution in [0.4, 0.5) is 11.4 Å². The molecule has 0 heterocycles. The summed E-state index contributed by atoms with van der Waals surface area (Å²) in [6.07, 6.45) is 7.68. The highest BCUT2D eigenvalue weighted by molar-refractivity contribution is 5.51. The molecule has 0 aromatic heterocycles. The largest absolute Gasteiger partial charge is 0.381 e. The molecule has 0 saturated heterocycles. The van der Waals surface area contributed by atoms with E-state index in [9.17, 15) is 20.2 Å². The molecule has 7 heteroatoms. The minimum absolute atomic E-state index is 0.484. The van der Waals surface area contributed by atoms with E-state index >= 15 is 0 Å². The summed E-state index contributed by atoms with van der Waals surface area (Å²) < 4.78 is 5.44. The van der Waals surface area contributed by atoms with E-state index in [0.29, 0.717) is 0 Å².